The Hall–Kier alpha value is -3.90. The second-order valence-electron chi connectivity index (χ2n) is 15.9. The molecule has 0 radical (unpaired) electrons. The Morgan fingerprint density at radius 1 is 0.980 bits per heavy atom. The lowest BCUT2D eigenvalue weighted by molar-refractivity contribution is -0.184. The number of ether oxygens (including phenoxy) is 1. The summed E-state index contributed by atoms with van der Waals surface area (Å²) in [4.78, 5) is 76.1. The lowest BCUT2D eigenvalue weighted by Gasteiger charge is -2.60. The number of Topliss-reactive ketones (excluding diaryl/α,β-unsaturated/α-hetero) is 1. The van der Waals surface area contributed by atoms with Crippen LogP contribution < -0.4 is 10.6 Å². The van der Waals surface area contributed by atoms with Gasteiger partial charge in [0.25, 0.3) is 0 Å². The minimum atomic E-state index is -1.80. The number of carboxylic acids is 1. The number of hydrogen-bond donors (Lipinski definition) is 5. The third-order valence-corrected chi connectivity index (χ3v) is 12.6. The molecular formula is C39H52N2O10. The summed E-state index contributed by atoms with van der Waals surface area (Å²) in [6.07, 6.45) is 3.98. The molecule has 0 unspecified atom stereocenters. The summed E-state index contributed by atoms with van der Waals surface area (Å²) in [6, 6.07) is 6.57. The molecule has 5 N–H and O–H groups in total. The van der Waals surface area contributed by atoms with Crippen molar-refractivity contribution in [1.29, 1.82) is 0 Å². The van der Waals surface area contributed by atoms with Gasteiger partial charge in [-0.1, -0.05) is 63.6 Å². The number of aliphatic carboxylic acids is 1. The fourth-order valence-electron chi connectivity index (χ4n) is 9.80. The van der Waals surface area contributed by atoms with Crippen molar-refractivity contribution in [2.75, 3.05) is 6.61 Å². The number of carbonyl (C=O) groups is 6. The van der Waals surface area contributed by atoms with Gasteiger partial charge in [-0.15, -0.1) is 0 Å². The van der Waals surface area contributed by atoms with E-state index in [0.717, 1.165) is 24.0 Å². The van der Waals surface area contributed by atoms with Crippen LogP contribution in [0.3, 0.4) is 0 Å². The monoisotopic (exact) mass is 708 g/mol. The van der Waals surface area contributed by atoms with Gasteiger partial charge >= 0.3 is 11.9 Å². The molecule has 0 heterocycles. The number of hydrogen-bond acceptors (Lipinski definition) is 9. The van der Waals surface area contributed by atoms with Crippen molar-refractivity contribution in [1.82, 2.24) is 10.6 Å². The summed E-state index contributed by atoms with van der Waals surface area (Å²) >= 11 is 0. The Bertz CT molecular complexity index is 1570. The zero-order chi connectivity index (χ0) is 37.3. The average Bonchev–Trinajstić information content (AvgIpc) is 3.35. The van der Waals surface area contributed by atoms with Crippen molar-refractivity contribution in [2.24, 2.45) is 34.5 Å². The highest BCUT2D eigenvalue weighted by atomic mass is 16.5. The highest BCUT2D eigenvalue weighted by Crippen LogP contribution is 2.67. The summed E-state index contributed by atoms with van der Waals surface area (Å²) < 4.78 is 5.25. The summed E-state index contributed by atoms with van der Waals surface area (Å²) in [5, 5.41) is 38.3. The number of amides is 2. The van der Waals surface area contributed by atoms with Crippen molar-refractivity contribution < 1.29 is 48.8 Å². The van der Waals surface area contributed by atoms with Gasteiger partial charge in [0.05, 0.1) is 12.5 Å². The quantitative estimate of drug-likeness (QED) is 0.190. The number of carbonyl (C=O) groups excluding carboxylic acids is 5. The zero-order valence-electron chi connectivity index (χ0n) is 30.0. The van der Waals surface area contributed by atoms with Crippen LogP contribution in [-0.4, -0.2) is 81.0 Å². The van der Waals surface area contributed by atoms with Gasteiger partial charge in [-0.3, -0.25) is 24.0 Å². The lowest BCUT2D eigenvalue weighted by Crippen LogP contribution is -2.62. The van der Waals surface area contributed by atoms with Crippen LogP contribution in [0.5, 0.6) is 0 Å². The van der Waals surface area contributed by atoms with Crippen LogP contribution in [0.15, 0.2) is 42.0 Å². The molecule has 4 aliphatic carbocycles. The molecule has 4 aliphatic rings. The van der Waals surface area contributed by atoms with E-state index in [1.54, 1.807) is 50.3 Å². The van der Waals surface area contributed by atoms with Crippen LogP contribution in [-0.2, 0) is 39.9 Å². The second kappa shape index (κ2) is 15.0. The van der Waals surface area contributed by atoms with Gasteiger partial charge in [0.2, 0.25) is 17.6 Å². The summed E-state index contributed by atoms with van der Waals surface area (Å²) in [6.45, 7) is 6.71. The van der Waals surface area contributed by atoms with Crippen LogP contribution in [0.25, 0.3) is 0 Å². The third kappa shape index (κ3) is 7.53. The van der Waals surface area contributed by atoms with Crippen molar-refractivity contribution in [3.05, 3.63) is 47.5 Å². The summed E-state index contributed by atoms with van der Waals surface area (Å²) in [7, 11) is 0. The zero-order valence-corrected chi connectivity index (χ0v) is 30.0. The smallest absolute Gasteiger partial charge is 0.326 e. The van der Waals surface area contributed by atoms with Gasteiger partial charge < -0.3 is 30.7 Å². The third-order valence-electron chi connectivity index (χ3n) is 12.6. The number of ketones is 2. The average molecular weight is 709 g/mol. The maximum Gasteiger partial charge on any atom is 0.326 e. The van der Waals surface area contributed by atoms with Crippen LogP contribution in [0.2, 0.25) is 0 Å². The Balaban J connectivity index is 1.13. The molecule has 9 atom stereocenters. The molecule has 1 aromatic carbocycles. The number of allylic oxidation sites excluding steroid dienone is 1. The maximum atomic E-state index is 13.6. The van der Waals surface area contributed by atoms with E-state index >= 15 is 0 Å². The van der Waals surface area contributed by atoms with Crippen molar-refractivity contribution in [3.8, 4) is 0 Å². The molecule has 2 amide bonds. The fraction of sp³-hybridized carbons (Fsp3) is 0.641. The number of nitrogens with one attached hydrogen (secondary N) is 2. The molecule has 12 heteroatoms. The van der Waals surface area contributed by atoms with E-state index in [9.17, 15) is 44.1 Å². The first-order valence-corrected chi connectivity index (χ1v) is 18.2. The Kier molecular flexibility index (Phi) is 11.3. The van der Waals surface area contributed by atoms with E-state index < -0.39 is 71.3 Å². The number of carboxylic acid groups (broad SMARTS) is 1. The minimum Gasteiger partial charge on any atom is -0.480 e. The van der Waals surface area contributed by atoms with Gasteiger partial charge in [0.1, 0.15) is 17.7 Å². The van der Waals surface area contributed by atoms with Crippen molar-refractivity contribution in [3.63, 3.8) is 0 Å². The Morgan fingerprint density at radius 3 is 2.35 bits per heavy atom. The normalized spacial score (nSPS) is 32.4. The van der Waals surface area contributed by atoms with Gasteiger partial charge in [-0.05, 0) is 79.3 Å². The molecule has 3 fully saturated rings. The van der Waals surface area contributed by atoms with E-state index in [-0.39, 0.29) is 61.1 Å². The van der Waals surface area contributed by atoms with Crippen LogP contribution >= 0.6 is 0 Å². The van der Waals surface area contributed by atoms with Crippen molar-refractivity contribution >= 4 is 35.3 Å². The minimum absolute atomic E-state index is 0.0227. The lowest BCUT2D eigenvalue weighted by atomic mass is 9.45. The van der Waals surface area contributed by atoms with Crippen molar-refractivity contribution in [2.45, 2.75) is 116 Å². The highest BCUT2D eigenvalue weighted by Gasteiger charge is 2.68. The number of rotatable bonds is 13. The van der Waals surface area contributed by atoms with E-state index in [1.807, 2.05) is 6.92 Å². The maximum absolute atomic E-state index is 13.6. The number of fused-ring (bicyclic) bond motifs is 5. The van der Waals surface area contributed by atoms with E-state index in [0.29, 0.717) is 19.3 Å². The molecule has 278 valence electrons. The molecule has 0 aliphatic heterocycles. The Morgan fingerprint density at radius 2 is 1.69 bits per heavy atom. The molecule has 0 saturated heterocycles. The van der Waals surface area contributed by atoms with E-state index in [4.69, 9.17) is 4.74 Å². The first-order chi connectivity index (χ1) is 24.0. The fourth-order valence-corrected chi connectivity index (χ4v) is 9.80. The number of aliphatic hydroxyl groups is 2. The van der Waals surface area contributed by atoms with Crippen LogP contribution in [0.4, 0.5) is 0 Å². The summed E-state index contributed by atoms with van der Waals surface area (Å²) in [5.41, 5.74) is -1.20. The van der Waals surface area contributed by atoms with E-state index in [1.165, 1.54) is 0 Å². The number of esters is 1. The van der Waals surface area contributed by atoms with Gasteiger partial charge in [-0.25, -0.2) is 4.79 Å². The molecule has 0 spiro atoms. The largest absolute Gasteiger partial charge is 0.480 e. The molecule has 0 bridgehead atoms. The van der Waals surface area contributed by atoms with Gasteiger partial charge in [0, 0.05) is 24.7 Å². The highest BCUT2D eigenvalue weighted by molar-refractivity contribution is 5.93. The van der Waals surface area contributed by atoms with Gasteiger partial charge in [-0.2, -0.15) is 0 Å². The molecule has 3 saturated carbocycles. The van der Waals surface area contributed by atoms with E-state index in [2.05, 4.69) is 17.6 Å². The van der Waals surface area contributed by atoms with Crippen LogP contribution in [0, 0.1) is 34.5 Å². The standard InChI is InChI=1S/C39H52N2O10/c1-22(2)34(35(47)40-28(36(48)49)18-23-8-6-5-7-9-23)41-31(45)12-13-32(46)51-21-30(44)39(50)17-15-27-26-11-10-24-19-25(42)14-16-37(24,3)33(26)29(43)20-38(27,39)4/h5-9,19,22,26-29,33-34,43,50H,10-18,20-21H2,1-4H3,(H,40,47)(H,41,45)(H,48,49)/t26-,27-,28-,29+,33-,34+,37+,38+,39-/m1/s1. The first kappa shape index (κ1) is 38.3. The summed E-state index contributed by atoms with van der Waals surface area (Å²) in [5.74, 6) is -4.25. The molecule has 51 heavy (non-hydrogen) atoms. The molecular weight excluding hydrogens is 656 g/mol. The SMILES string of the molecule is CC(C)[C@H](NC(=O)CCC(=O)OCC(=O)[C@]1(O)CC[C@@H]2[C@H]3CCC4=CC(=O)CC[C@]4(C)[C@H]3[C@@H](O)C[C@@]21C)C(=O)N[C@H](Cc1ccccc1)C(=O)O. The Labute approximate surface area is 298 Å². The second-order valence-corrected chi connectivity index (χ2v) is 15.9. The first-order valence-electron chi connectivity index (χ1n) is 18.2. The number of benzene rings is 1. The van der Waals surface area contributed by atoms with Gasteiger partial charge in [0.15, 0.2) is 12.4 Å². The molecule has 5 rings (SSSR count). The topological polar surface area (TPSA) is 196 Å². The number of aliphatic hydroxyl groups excluding tert-OH is 1. The predicted octanol–water partition coefficient (Wildman–Crippen LogP) is 3.07. The molecule has 12 nitrogen and oxygen atoms in total. The molecule has 0 aromatic heterocycles. The molecule has 1 aromatic rings. The van der Waals surface area contributed by atoms with Crippen LogP contribution in [0.1, 0.15) is 91.0 Å². The predicted molar refractivity (Wildman–Crippen MR) is 185 cm³/mol.